The summed E-state index contributed by atoms with van der Waals surface area (Å²) in [6.07, 6.45) is 5.19. The quantitative estimate of drug-likeness (QED) is 0.630. The Morgan fingerprint density at radius 3 is 2.31 bits per heavy atom. The van der Waals surface area contributed by atoms with E-state index in [-0.39, 0.29) is 6.10 Å². The normalized spacial score (nSPS) is 34.9. The van der Waals surface area contributed by atoms with Crippen molar-refractivity contribution in [3.8, 4) is 0 Å². The first-order chi connectivity index (χ1) is 6.08. The molecule has 1 aliphatic carbocycles. The molecule has 2 heteroatoms. The molecule has 1 aliphatic rings. The van der Waals surface area contributed by atoms with E-state index < -0.39 is 5.60 Å². The molecule has 0 N–H and O–H groups in total. The van der Waals surface area contributed by atoms with E-state index in [1.54, 1.807) is 0 Å². The van der Waals surface area contributed by atoms with E-state index in [1.807, 2.05) is 13.8 Å². The molecule has 13 heavy (non-hydrogen) atoms. The zero-order valence-corrected chi connectivity index (χ0v) is 8.88. The largest absolute Gasteiger partial charge is 0.365 e. The fourth-order valence-corrected chi connectivity index (χ4v) is 1.98. The van der Waals surface area contributed by atoms with E-state index in [0.717, 1.165) is 37.9 Å². The number of hydrogen-bond acceptors (Lipinski definition) is 2. The third kappa shape index (κ3) is 2.80. The zero-order chi connectivity index (χ0) is 9.90. The van der Waals surface area contributed by atoms with Gasteiger partial charge in [-0.2, -0.15) is 0 Å². The second-order valence-electron chi connectivity index (χ2n) is 4.53. The lowest BCUT2D eigenvalue weighted by atomic mass is 9.80. The number of carbonyl (C=O) groups is 1. The van der Waals surface area contributed by atoms with Crippen LogP contribution in [0.5, 0.6) is 0 Å². The number of hydrogen-bond donors (Lipinski definition) is 0. The first-order valence-electron chi connectivity index (χ1n) is 5.22. The zero-order valence-electron chi connectivity index (χ0n) is 8.88. The van der Waals surface area contributed by atoms with Crippen LogP contribution in [0.1, 0.15) is 46.5 Å². The van der Waals surface area contributed by atoms with Gasteiger partial charge in [-0.15, -0.1) is 0 Å². The van der Waals surface area contributed by atoms with Crippen molar-refractivity contribution < 1.29 is 9.53 Å². The fourth-order valence-electron chi connectivity index (χ4n) is 1.98. The van der Waals surface area contributed by atoms with Gasteiger partial charge in [-0.1, -0.05) is 6.92 Å². The summed E-state index contributed by atoms with van der Waals surface area (Å²) in [6, 6.07) is 0. The standard InChI is InChI=1S/C11H20O2/c1-9(2)13-11(8-12)6-4-10(3)5-7-11/h8-10H,4-7H2,1-3H3. The van der Waals surface area contributed by atoms with Crippen LogP contribution in [0, 0.1) is 5.92 Å². The first-order valence-corrected chi connectivity index (χ1v) is 5.22. The molecule has 0 saturated heterocycles. The maximum absolute atomic E-state index is 11.0. The molecule has 0 spiro atoms. The molecule has 0 radical (unpaired) electrons. The van der Waals surface area contributed by atoms with E-state index in [1.165, 1.54) is 0 Å². The second-order valence-corrected chi connectivity index (χ2v) is 4.53. The minimum Gasteiger partial charge on any atom is -0.365 e. The van der Waals surface area contributed by atoms with Crippen LogP contribution < -0.4 is 0 Å². The van der Waals surface area contributed by atoms with Gasteiger partial charge in [0.2, 0.25) is 0 Å². The highest BCUT2D eigenvalue weighted by Gasteiger charge is 2.35. The molecule has 1 rings (SSSR count). The van der Waals surface area contributed by atoms with Crippen LogP contribution in [0.4, 0.5) is 0 Å². The lowest BCUT2D eigenvalue weighted by molar-refractivity contribution is -0.144. The van der Waals surface area contributed by atoms with E-state index in [2.05, 4.69) is 6.92 Å². The maximum atomic E-state index is 11.0. The molecule has 0 heterocycles. The molecule has 0 aromatic heterocycles. The van der Waals surface area contributed by atoms with Crippen LogP contribution in [0.25, 0.3) is 0 Å². The Balaban J connectivity index is 2.55. The summed E-state index contributed by atoms with van der Waals surface area (Å²) in [5.74, 6) is 0.754. The van der Waals surface area contributed by atoms with Gasteiger partial charge in [0.05, 0.1) is 6.10 Å². The summed E-state index contributed by atoms with van der Waals surface area (Å²) in [5.41, 5.74) is -0.458. The Labute approximate surface area is 80.7 Å². The van der Waals surface area contributed by atoms with Gasteiger partial charge in [0.25, 0.3) is 0 Å². The van der Waals surface area contributed by atoms with Gasteiger partial charge < -0.3 is 9.53 Å². The van der Waals surface area contributed by atoms with Crippen LogP contribution in [0.3, 0.4) is 0 Å². The highest BCUT2D eigenvalue weighted by molar-refractivity contribution is 5.62. The lowest BCUT2D eigenvalue weighted by Crippen LogP contribution is -2.40. The van der Waals surface area contributed by atoms with Crippen LogP contribution in [-0.4, -0.2) is 18.0 Å². The SMILES string of the molecule is CC1CCC(C=O)(OC(C)C)CC1. The van der Waals surface area contributed by atoms with Gasteiger partial charge in [0.1, 0.15) is 5.60 Å². The van der Waals surface area contributed by atoms with Gasteiger partial charge in [-0.3, -0.25) is 0 Å². The minimum atomic E-state index is -0.458. The molecule has 76 valence electrons. The lowest BCUT2D eigenvalue weighted by Gasteiger charge is -2.36. The number of aldehydes is 1. The molecule has 0 aromatic rings. The molecular formula is C11H20O2. The molecule has 0 bridgehead atoms. The summed E-state index contributed by atoms with van der Waals surface area (Å²) in [6.45, 7) is 6.22. The number of carbonyl (C=O) groups excluding carboxylic acids is 1. The Kier molecular flexibility index (Phi) is 3.48. The summed E-state index contributed by atoms with van der Waals surface area (Å²) >= 11 is 0. The van der Waals surface area contributed by atoms with Gasteiger partial charge >= 0.3 is 0 Å². The van der Waals surface area contributed by atoms with Gasteiger partial charge in [0.15, 0.2) is 6.29 Å². The average Bonchev–Trinajstić information content (AvgIpc) is 2.09. The predicted molar refractivity (Wildman–Crippen MR) is 52.6 cm³/mol. The topological polar surface area (TPSA) is 26.3 Å². The molecule has 0 unspecified atom stereocenters. The monoisotopic (exact) mass is 184 g/mol. The third-order valence-electron chi connectivity index (χ3n) is 2.81. The van der Waals surface area contributed by atoms with Crippen molar-refractivity contribution >= 4 is 6.29 Å². The molecule has 0 atom stereocenters. The van der Waals surface area contributed by atoms with Crippen molar-refractivity contribution in [1.82, 2.24) is 0 Å². The number of rotatable bonds is 3. The molecule has 0 aliphatic heterocycles. The van der Waals surface area contributed by atoms with E-state index in [0.29, 0.717) is 0 Å². The Morgan fingerprint density at radius 1 is 1.38 bits per heavy atom. The third-order valence-corrected chi connectivity index (χ3v) is 2.81. The van der Waals surface area contributed by atoms with E-state index >= 15 is 0 Å². The second kappa shape index (κ2) is 4.23. The van der Waals surface area contributed by atoms with Gasteiger partial charge in [-0.25, -0.2) is 0 Å². The van der Waals surface area contributed by atoms with Gasteiger partial charge in [-0.05, 0) is 45.4 Å². The summed E-state index contributed by atoms with van der Waals surface area (Å²) in [5, 5.41) is 0. The smallest absolute Gasteiger partial charge is 0.151 e. The van der Waals surface area contributed by atoms with Crippen molar-refractivity contribution in [2.45, 2.75) is 58.2 Å². The molecule has 2 nitrogen and oxygen atoms in total. The molecule has 1 saturated carbocycles. The van der Waals surface area contributed by atoms with Crippen LogP contribution in [0.15, 0.2) is 0 Å². The molecular weight excluding hydrogens is 164 g/mol. The maximum Gasteiger partial charge on any atom is 0.151 e. The van der Waals surface area contributed by atoms with E-state index in [9.17, 15) is 4.79 Å². The van der Waals surface area contributed by atoms with Crippen molar-refractivity contribution in [1.29, 1.82) is 0 Å². The molecule has 1 fully saturated rings. The van der Waals surface area contributed by atoms with Crippen molar-refractivity contribution in [3.05, 3.63) is 0 Å². The molecule has 0 amide bonds. The van der Waals surface area contributed by atoms with Crippen molar-refractivity contribution in [3.63, 3.8) is 0 Å². The minimum absolute atomic E-state index is 0.151. The Morgan fingerprint density at radius 2 is 1.92 bits per heavy atom. The Bertz CT molecular complexity index is 167. The summed E-state index contributed by atoms with van der Waals surface area (Å²) in [4.78, 5) is 11.0. The van der Waals surface area contributed by atoms with Crippen LogP contribution in [0.2, 0.25) is 0 Å². The number of ether oxygens (including phenoxy) is 1. The van der Waals surface area contributed by atoms with Crippen LogP contribution in [-0.2, 0) is 9.53 Å². The predicted octanol–water partition coefficient (Wildman–Crippen LogP) is 2.56. The molecule has 0 aromatic carbocycles. The highest BCUT2D eigenvalue weighted by atomic mass is 16.5. The Hall–Kier alpha value is -0.370. The van der Waals surface area contributed by atoms with Crippen molar-refractivity contribution in [2.24, 2.45) is 5.92 Å². The highest BCUT2D eigenvalue weighted by Crippen LogP contribution is 2.33. The first kappa shape index (κ1) is 10.7. The van der Waals surface area contributed by atoms with Crippen molar-refractivity contribution in [2.75, 3.05) is 0 Å². The fraction of sp³-hybridized carbons (Fsp3) is 0.909. The average molecular weight is 184 g/mol. The van der Waals surface area contributed by atoms with Gasteiger partial charge in [0, 0.05) is 0 Å². The van der Waals surface area contributed by atoms with Crippen LogP contribution >= 0.6 is 0 Å². The summed E-state index contributed by atoms with van der Waals surface area (Å²) in [7, 11) is 0. The van der Waals surface area contributed by atoms with E-state index in [4.69, 9.17) is 4.74 Å². The summed E-state index contributed by atoms with van der Waals surface area (Å²) < 4.78 is 5.71.